The number of rotatable bonds is 11. The average molecular weight is 687 g/mol. The minimum absolute atomic E-state index is 0.0234. The Morgan fingerprint density at radius 3 is 1.87 bits per heavy atom. The van der Waals surface area contributed by atoms with Gasteiger partial charge in [0, 0.05) is 34.1 Å². The first kappa shape index (κ1) is 34.3. The van der Waals surface area contributed by atoms with Crippen molar-refractivity contribution < 1.29 is 18.0 Å². The highest BCUT2D eigenvalue weighted by Crippen LogP contribution is 2.32. The highest BCUT2D eigenvalue weighted by Gasteiger charge is 2.36. The molecule has 0 saturated carbocycles. The van der Waals surface area contributed by atoms with Crippen molar-refractivity contribution in [1.82, 2.24) is 10.2 Å². The van der Waals surface area contributed by atoms with Crippen LogP contribution in [-0.4, -0.2) is 43.3 Å². The van der Waals surface area contributed by atoms with E-state index < -0.39 is 40.0 Å². The van der Waals surface area contributed by atoms with Gasteiger partial charge >= 0.3 is 0 Å². The Balaban J connectivity index is 1.86. The van der Waals surface area contributed by atoms with Crippen molar-refractivity contribution in [2.75, 3.05) is 10.8 Å². The molecule has 0 radical (unpaired) electrons. The molecule has 0 unspecified atom stereocenters. The number of nitrogens with one attached hydrogen (secondary N) is 1. The minimum atomic E-state index is -4.28. The van der Waals surface area contributed by atoms with E-state index in [9.17, 15) is 18.0 Å². The predicted octanol–water partition coefficient (Wildman–Crippen LogP) is 7.40. The first-order valence-electron chi connectivity index (χ1n) is 14.2. The molecule has 236 valence electrons. The Morgan fingerprint density at radius 2 is 1.29 bits per heavy atom. The average Bonchev–Trinajstić information content (AvgIpc) is 2.99. The van der Waals surface area contributed by atoms with Crippen LogP contribution in [0.1, 0.15) is 31.9 Å². The Morgan fingerprint density at radius 1 is 0.756 bits per heavy atom. The Kier molecular flexibility index (Phi) is 11.2. The Bertz CT molecular complexity index is 1730. The molecule has 4 aromatic carbocycles. The van der Waals surface area contributed by atoms with E-state index in [1.807, 2.05) is 51.1 Å². The zero-order valence-corrected chi connectivity index (χ0v) is 28.2. The zero-order valence-electron chi connectivity index (χ0n) is 25.1. The van der Waals surface area contributed by atoms with Crippen LogP contribution in [0, 0.1) is 0 Å². The van der Waals surface area contributed by atoms with Gasteiger partial charge in [-0.2, -0.15) is 0 Å². The van der Waals surface area contributed by atoms with Crippen molar-refractivity contribution in [1.29, 1.82) is 0 Å². The third-order valence-electron chi connectivity index (χ3n) is 6.89. The van der Waals surface area contributed by atoms with Crippen LogP contribution in [-0.2, 0) is 32.6 Å². The molecule has 0 heterocycles. The normalized spacial score (nSPS) is 12.3. The molecule has 0 bridgehead atoms. The number of para-hydroxylation sites is 1. The van der Waals surface area contributed by atoms with Crippen molar-refractivity contribution in [3.05, 3.63) is 129 Å². The molecule has 45 heavy (non-hydrogen) atoms. The molecule has 4 aromatic rings. The second kappa shape index (κ2) is 14.7. The maximum absolute atomic E-state index is 14.6. The lowest BCUT2D eigenvalue weighted by molar-refractivity contribution is -0.140. The summed E-state index contributed by atoms with van der Waals surface area (Å²) in [7, 11) is -4.28. The summed E-state index contributed by atoms with van der Waals surface area (Å²) in [6.07, 6.45) is 0.147. The predicted molar refractivity (Wildman–Crippen MR) is 181 cm³/mol. The van der Waals surface area contributed by atoms with Crippen LogP contribution in [0.2, 0.25) is 15.1 Å². The quantitative estimate of drug-likeness (QED) is 0.178. The smallest absolute Gasteiger partial charge is 0.264 e. The van der Waals surface area contributed by atoms with E-state index in [0.717, 1.165) is 9.87 Å². The number of carbonyl (C=O) groups excluding carboxylic acids is 2. The van der Waals surface area contributed by atoms with Gasteiger partial charge < -0.3 is 10.2 Å². The minimum Gasteiger partial charge on any atom is -0.350 e. The fourth-order valence-electron chi connectivity index (χ4n) is 4.75. The van der Waals surface area contributed by atoms with Gasteiger partial charge in [0.05, 0.1) is 15.6 Å². The Labute approximate surface area is 279 Å². The van der Waals surface area contributed by atoms with Crippen LogP contribution in [0.3, 0.4) is 0 Å². The van der Waals surface area contributed by atoms with Gasteiger partial charge in [-0.15, -0.1) is 0 Å². The van der Waals surface area contributed by atoms with Crippen molar-refractivity contribution in [2.24, 2.45) is 0 Å². The third kappa shape index (κ3) is 8.79. The van der Waals surface area contributed by atoms with Gasteiger partial charge in [-0.25, -0.2) is 8.42 Å². The third-order valence-corrected chi connectivity index (χ3v) is 9.69. The number of sulfonamides is 1. The van der Waals surface area contributed by atoms with Crippen LogP contribution < -0.4 is 9.62 Å². The SMILES string of the molecule is CC(C)(C)NC(=O)[C@@H](Cc1ccccc1)N(Cc1c(Cl)cccc1Cl)C(=O)CN(c1ccccc1Cl)S(=O)(=O)c1ccccc1. The number of carbonyl (C=O) groups is 2. The molecule has 2 amide bonds. The number of benzene rings is 4. The second-order valence-corrected chi connectivity index (χ2v) is 14.5. The summed E-state index contributed by atoms with van der Waals surface area (Å²) >= 11 is 19.6. The molecule has 0 aliphatic carbocycles. The first-order chi connectivity index (χ1) is 21.3. The molecular formula is C34H34Cl3N3O4S. The van der Waals surface area contributed by atoms with Crippen LogP contribution in [0.4, 0.5) is 5.69 Å². The fraction of sp³-hybridized carbons (Fsp3) is 0.235. The lowest BCUT2D eigenvalue weighted by atomic mass is 10.0. The summed E-state index contributed by atoms with van der Waals surface area (Å²) in [6, 6.07) is 27.3. The number of anilines is 1. The van der Waals surface area contributed by atoms with E-state index in [1.165, 1.54) is 23.1 Å². The topological polar surface area (TPSA) is 86.8 Å². The number of hydrogen-bond donors (Lipinski definition) is 1. The molecule has 1 N–H and O–H groups in total. The number of amides is 2. The van der Waals surface area contributed by atoms with Gasteiger partial charge in [0.1, 0.15) is 12.6 Å². The summed E-state index contributed by atoms with van der Waals surface area (Å²) in [5.41, 5.74) is 0.717. The van der Waals surface area contributed by atoms with Crippen molar-refractivity contribution in [3.63, 3.8) is 0 Å². The van der Waals surface area contributed by atoms with Crippen LogP contribution in [0.5, 0.6) is 0 Å². The molecule has 7 nitrogen and oxygen atoms in total. The molecule has 4 rings (SSSR count). The zero-order chi connectivity index (χ0) is 32.8. The molecular weight excluding hydrogens is 653 g/mol. The van der Waals surface area contributed by atoms with Gasteiger partial charge in [0.15, 0.2) is 0 Å². The summed E-state index contributed by atoms with van der Waals surface area (Å²) in [5, 5.41) is 3.73. The summed E-state index contributed by atoms with van der Waals surface area (Å²) in [5.74, 6) is -1.08. The molecule has 0 spiro atoms. The largest absolute Gasteiger partial charge is 0.350 e. The molecule has 0 aliphatic heterocycles. The van der Waals surface area contributed by atoms with Crippen LogP contribution in [0.25, 0.3) is 0 Å². The molecule has 1 atom stereocenters. The van der Waals surface area contributed by atoms with E-state index in [2.05, 4.69) is 5.32 Å². The summed E-state index contributed by atoms with van der Waals surface area (Å²) in [6.45, 7) is 4.71. The van der Waals surface area contributed by atoms with Crippen molar-refractivity contribution in [3.8, 4) is 0 Å². The maximum atomic E-state index is 14.6. The Hall–Kier alpha value is -3.56. The van der Waals surface area contributed by atoms with Crippen LogP contribution in [0.15, 0.2) is 108 Å². The van der Waals surface area contributed by atoms with Gasteiger partial charge in [0.25, 0.3) is 10.0 Å². The number of hydrogen-bond acceptors (Lipinski definition) is 4. The molecule has 0 saturated heterocycles. The lowest BCUT2D eigenvalue weighted by Gasteiger charge is -2.35. The summed E-state index contributed by atoms with van der Waals surface area (Å²) < 4.78 is 29.1. The van der Waals surface area contributed by atoms with Crippen molar-refractivity contribution >= 4 is 62.3 Å². The molecule has 0 aromatic heterocycles. The van der Waals surface area contributed by atoms with Crippen LogP contribution >= 0.6 is 34.8 Å². The van der Waals surface area contributed by atoms with E-state index in [-0.39, 0.29) is 28.6 Å². The van der Waals surface area contributed by atoms with Gasteiger partial charge in [-0.3, -0.25) is 13.9 Å². The molecule has 0 aliphatic rings. The highest BCUT2D eigenvalue weighted by molar-refractivity contribution is 7.92. The lowest BCUT2D eigenvalue weighted by Crippen LogP contribution is -2.56. The van der Waals surface area contributed by atoms with Crippen molar-refractivity contribution in [2.45, 2.75) is 50.2 Å². The van der Waals surface area contributed by atoms with Gasteiger partial charge in [0.2, 0.25) is 11.8 Å². The molecule has 0 fully saturated rings. The number of nitrogens with zero attached hydrogens (tertiary/aromatic N) is 2. The highest BCUT2D eigenvalue weighted by atomic mass is 35.5. The maximum Gasteiger partial charge on any atom is 0.264 e. The molecule has 11 heteroatoms. The van der Waals surface area contributed by atoms with Gasteiger partial charge in [-0.05, 0) is 62.7 Å². The van der Waals surface area contributed by atoms with E-state index in [0.29, 0.717) is 15.6 Å². The standard InChI is InChI=1S/C34H34Cl3N3O4S/c1-34(2,3)38-33(42)31(21-24-13-6-4-7-14-24)39(22-26-27(35)18-12-19-28(26)36)32(41)23-40(30-20-11-10-17-29(30)37)45(43,44)25-15-8-5-9-16-25/h4-20,31H,21-23H2,1-3H3,(H,38,42)/t31-/m1/s1. The van der Waals surface area contributed by atoms with E-state index in [1.54, 1.807) is 54.6 Å². The fourth-order valence-corrected chi connectivity index (χ4v) is 7.01. The second-order valence-electron chi connectivity index (χ2n) is 11.4. The van der Waals surface area contributed by atoms with E-state index >= 15 is 0 Å². The first-order valence-corrected chi connectivity index (χ1v) is 16.8. The van der Waals surface area contributed by atoms with Gasteiger partial charge in [-0.1, -0.05) is 102 Å². The van der Waals surface area contributed by atoms with E-state index in [4.69, 9.17) is 34.8 Å². The summed E-state index contributed by atoms with van der Waals surface area (Å²) in [4.78, 5) is 29.8. The number of halogens is 3. The monoisotopic (exact) mass is 685 g/mol.